The number of carbonyl (C=O) groups is 3. The van der Waals surface area contributed by atoms with Gasteiger partial charge >= 0.3 is 11.9 Å². The first kappa shape index (κ1) is 20.7. The van der Waals surface area contributed by atoms with E-state index in [1.807, 2.05) is 0 Å². The summed E-state index contributed by atoms with van der Waals surface area (Å²) in [6.45, 7) is 1.01. The topological polar surface area (TPSA) is 72.9 Å². The molecule has 0 spiro atoms. The summed E-state index contributed by atoms with van der Waals surface area (Å²) < 4.78 is 9.94. The van der Waals surface area contributed by atoms with Crippen LogP contribution in [-0.2, 0) is 19.1 Å². The number of amides is 1. The Morgan fingerprint density at radius 3 is 2.33 bits per heavy atom. The third-order valence-corrected chi connectivity index (χ3v) is 3.99. The number of esters is 2. The normalized spacial score (nSPS) is 10.2. The molecule has 0 saturated heterocycles. The van der Waals surface area contributed by atoms with Crippen molar-refractivity contribution in [2.45, 2.75) is 6.92 Å². The van der Waals surface area contributed by atoms with Crippen molar-refractivity contribution in [3.8, 4) is 0 Å². The number of rotatable bonds is 7. The summed E-state index contributed by atoms with van der Waals surface area (Å²) in [6.07, 6.45) is 0. The zero-order valence-corrected chi connectivity index (χ0v) is 16.0. The SMILES string of the molecule is CCOC(=O)CN(C(=O)COC(=O)c1ccc(Cl)cc1Cl)c1ccccc1. The molecule has 0 heterocycles. The number of para-hydroxylation sites is 1. The molecule has 0 atom stereocenters. The highest BCUT2D eigenvalue weighted by atomic mass is 35.5. The van der Waals surface area contributed by atoms with Crippen LogP contribution in [0.25, 0.3) is 0 Å². The van der Waals surface area contributed by atoms with Crippen LogP contribution < -0.4 is 4.90 Å². The van der Waals surface area contributed by atoms with Gasteiger partial charge in [0.25, 0.3) is 5.91 Å². The molecule has 0 N–H and O–H groups in total. The molecule has 2 aromatic carbocycles. The summed E-state index contributed by atoms with van der Waals surface area (Å²) in [5, 5.41) is 0.490. The van der Waals surface area contributed by atoms with E-state index in [2.05, 4.69) is 0 Å². The van der Waals surface area contributed by atoms with Crippen LogP contribution in [-0.4, -0.2) is 37.6 Å². The second kappa shape index (κ2) is 9.94. The lowest BCUT2D eigenvalue weighted by atomic mass is 10.2. The lowest BCUT2D eigenvalue weighted by molar-refractivity contribution is -0.142. The van der Waals surface area contributed by atoms with Crippen molar-refractivity contribution in [3.63, 3.8) is 0 Å². The fourth-order valence-corrected chi connectivity index (χ4v) is 2.69. The number of anilines is 1. The van der Waals surface area contributed by atoms with Crippen molar-refractivity contribution >= 4 is 46.7 Å². The molecule has 0 aromatic heterocycles. The Morgan fingerprint density at radius 1 is 1.00 bits per heavy atom. The molecule has 1 amide bonds. The Kier molecular flexibility index (Phi) is 7.64. The Balaban J connectivity index is 2.08. The van der Waals surface area contributed by atoms with E-state index in [-0.39, 0.29) is 23.7 Å². The van der Waals surface area contributed by atoms with Crippen molar-refractivity contribution < 1.29 is 23.9 Å². The monoisotopic (exact) mass is 409 g/mol. The van der Waals surface area contributed by atoms with Gasteiger partial charge in [0, 0.05) is 10.7 Å². The number of ether oxygens (including phenoxy) is 2. The molecule has 2 rings (SSSR count). The second-order valence-corrected chi connectivity index (χ2v) is 6.16. The van der Waals surface area contributed by atoms with E-state index < -0.39 is 24.5 Å². The number of benzene rings is 2. The summed E-state index contributed by atoms with van der Waals surface area (Å²) in [4.78, 5) is 37.7. The van der Waals surface area contributed by atoms with E-state index in [1.54, 1.807) is 37.3 Å². The van der Waals surface area contributed by atoms with E-state index in [4.69, 9.17) is 32.7 Å². The van der Waals surface area contributed by atoms with Gasteiger partial charge in [-0.1, -0.05) is 41.4 Å². The van der Waals surface area contributed by atoms with Gasteiger partial charge in [-0.2, -0.15) is 0 Å². The van der Waals surface area contributed by atoms with Gasteiger partial charge in [-0.25, -0.2) is 4.79 Å². The van der Waals surface area contributed by atoms with Gasteiger partial charge in [0.1, 0.15) is 6.54 Å². The van der Waals surface area contributed by atoms with Crippen LogP contribution in [0, 0.1) is 0 Å². The molecule has 0 aliphatic rings. The van der Waals surface area contributed by atoms with E-state index in [1.165, 1.54) is 23.1 Å². The van der Waals surface area contributed by atoms with Crippen molar-refractivity contribution in [2.75, 3.05) is 24.7 Å². The lowest BCUT2D eigenvalue weighted by Crippen LogP contribution is -2.39. The van der Waals surface area contributed by atoms with Gasteiger partial charge in [0.05, 0.1) is 17.2 Å². The Hall–Kier alpha value is -2.57. The Bertz CT molecular complexity index is 826. The molecule has 0 unspecified atom stereocenters. The predicted molar refractivity (Wildman–Crippen MR) is 102 cm³/mol. The first-order valence-electron chi connectivity index (χ1n) is 8.05. The highest BCUT2D eigenvalue weighted by Crippen LogP contribution is 2.22. The van der Waals surface area contributed by atoms with Crippen LogP contribution in [0.3, 0.4) is 0 Å². The molecular formula is C19H17Cl2NO5. The fourth-order valence-electron chi connectivity index (χ4n) is 2.21. The highest BCUT2D eigenvalue weighted by molar-refractivity contribution is 6.36. The highest BCUT2D eigenvalue weighted by Gasteiger charge is 2.22. The molecule has 142 valence electrons. The van der Waals surface area contributed by atoms with Gasteiger partial charge in [0.15, 0.2) is 6.61 Å². The van der Waals surface area contributed by atoms with Crippen LogP contribution in [0.15, 0.2) is 48.5 Å². The summed E-state index contributed by atoms with van der Waals surface area (Å²) in [6, 6.07) is 12.8. The molecule has 0 aliphatic heterocycles. The molecule has 0 radical (unpaired) electrons. The fraction of sp³-hybridized carbons (Fsp3) is 0.211. The largest absolute Gasteiger partial charge is 0.465 e. The quantitative estimate of drug-likeness (QED) is 0.651. The molecule has 0 fully saturated rings. The number of hydrogen-bond donors (Lipinski definition) is 0. The standard InChI is InChI=1S/C19H17Cl2NO5/c1-2-26-18(24)11-22(14-6-4-3-5-7-14)17(23)12-27-19(25)15-9-8-13(20)10-16(15)21/h3-10H,2,11-12H2,1H3. The molecule has 8 heteroatoms. The maximum Gasteiger partial charge on any atom is 0.340 e. The van der Waals surface area contributed by atoms with Gasteiger partial charge < -0.3 is 9.47 Å². The van der Waals surface area contributed by atoms with Gasteiger partial charge in [0.2, 0.25) is 0 Å². The first-order valence-corrected chi connectivity index (χ1v) is 8.81. The Morgan fingerprint density at radius 2 is 1.70 bits per heavy atom. The molecular weight excluding hydrogens is 393 g/mol. The number of hydrogen-bond acceptors (Lipinski definition) is 5. The average Bonchev–Trinajstić information content (AvgIpc) is 2.65. The van der Waals surface area contributed by atoms with Gasteiger partial charge in [-0.15, -0.1) is 0 Å². The van der Waals surface area contributed by atoms with Crippen LogP contribution in [0.2, 0.25) is 10.0 Å². The zero-order chi connectivity index (χ0) is 19.8. The van der Waals surface area contributed by atoms with Gasteiger partial charge in [-0.3, -0.25) is 14.5 Å². The third kappa shape index (κ3) is 5.98. The van der Waals surface area contributed by atoms with Crippen LogP contribution in [0.5, 0.6) is 0 Å². The van der Waals surface area contributed by atoms with E-state index in [0.29, 0.717) is 10.7 Å². The minimum atomic E-state index is -0.769. The molecule has 2 aromatic rings. The van der Waals surface area contributed by atoms with Crippen LogP contribution >= 0.6 is 23.2 Å². The van der Waals surface area contributed by atoms with E-state index >= 15 is 0 Å². The van der Waals surface area contributed by atoms with Gasteiger partial charge in [-0.05, 0) is 37.3 Å². The zero-order valence-electron chi connectivity index (χ0n) is 14.5. The first-order chi connectivity index (χ1) is 12.9. The van der Waals surface area contributed by atoms with Crippen LogP contribution in [0.1, 0.15) is 17.3 Å². The van der Waals surface area contributed by atoms with E-state index in [0.717, 1.165) is 0 Å². The van der Waals surface area contributed by atoms with Crippen molar-refractivity contribution in [2.24, 2.45) is 0 Å². The summed E-state index contributed by atoms with van der Waals surface area (Å²) in [7, 11) is 0. The molecule has 0 bridgehead atoms. The van der Waals surface area contributed by atoms with E-state index in [9.17, 15) is 14.4 Å². The summed E-state index contributed by atoms with van der Waals surface area (Å²) in [5.41, 5.74) is 0.571. The van der Waals surface area contributed by atoms with Crippen molar-refractivity contribution in [3.05, 3.63) is 64.1 Å². The lowest BCUT2D eigenvalue weighted by Gasteiger charge is -2.21. The number of halogens is 2. The Labute approximate surface area is 166 Å². The maximum absolute atomic E-state index is 12.5. The average molecular weight is 410 g/mol. The second-order valence-electron chi connectivity index (χ2n) is 5.32. The number of carbonyl (C=O) groups excluding carboxylic acids is 3. The summed E-state index contributed by atoms with van der Waals surface area (Å²) in [5.74, 6) is -1.91. The predicted octanol–water partition coefficient (Wildman–Crippen LogP) is 3.75. The third-order valence-electron chi connectivity index (χ3n) is 3.44. The molecule has 6 nitrogen and oxygen atoms in total. The van der Waals surface area contributed by atoms with Crippen molar-refractivity contribution in [1.82, 2.24) is 0 Å². The summed E-state index contributed by atoms with van der Waals surface area (Å²) >= 11 is 11.8. The molecule has 27 heavy (non-hydrogen) atoms. The minimum Gasteiger partial charge on any atom is -0.465 e. The minimum absolute atomic E-state index is 0.0884. The smallest absolute Gasteiger partial charge is 0.340 e. The van der Waals surface area contributed by atoms with Crippen molar-refractivity contribution in [1.29, 1.82) is 0 Å². The molecule has 0 aliphatic carbocycles. The maximum atomic E-state index is 12.5. The molecule has 0 saturated carbocycles. The number of nitrogens with zero attached hydrogens (tertiary/aromatic N) is 1. The van der Waals surface area contributed by atoms with Crippen LogP contribution in [0.4, 0.5) is 5.69 Å².